The third-order valence-electron chi connectivity index (χ3n) is 9.98. The third kappa shape index (κ3) is 39.5. The molecule has 0 aromatic heterocycles. The lowest BCUT2D eigenvalue weighted by Gasteiger charge is -2.10. The second-order valence-corrected chi connectivity index (χ2v) is 15.2. The highest BCUT2D eigenvalue weighted by atomic mass is 16.5. The molecule has 47 heavy (non-hydrogen) atoms. The van der Waals surface area contributed by atoms with Crippen molar-refractivity contribution >= 4 is 5.97 Å². The van der Waals surface area contributed by atoms with E-state index in [-0.39, 0.29) is 5.97 Å². The van der Waals surface area contributed by atoms with Gasteiger partial charge in [-0.15, -0.1) is 0 Å². The van der Waals surface area contributed by atoms with Gasteiger partial charge in [0.1, 0.15) is 0 Å². The maximum absolute atomic E-state index is 11.9. The number of unbranched alkanes of at least 4 members (excludes halogenated alkanes) is 28. The second-order valence-electron chi connectivity index (χ2n) is 15.2. The maximum Gasteiger partial charge on any atom is 0.305 e. The minimum atomic E-state index is -0.0290. The SMILES string of the molecule is CCCCCCCCCCCCCCCCC(=CCCCCOC(=O)CCCN(C)C)CCCCCCCCCCCCCCCC. The van der Waals surface area contributed by atoms with Gasteiger partial charge in [-0.2, -0.15) is 0 Å². The van der Waals surface area contributed by atoms with Crippen molar-refractivity contribution in [2.45, 2.75) is 239 Å². The Hall–Kier alpha value is -0.830. The van der Waals surface area contributed by atoms with Crippen molar-refractivity contribution < 1.29 is 9.53 Å². The number of hydrogen-bond donors (Lipinski definition) is 0. The van der Waals surface area contributed by atoms with Crippen LogP contribution in [0.5, 0.6) is 0 Å². The van der Waals surface area contributed by atoms with Crippen molar-refractivity contribution in [3.63, 3.8) is 0 Å². The average Bonchev–Trinajstić information content (AvgIpc) is 3.06. The van der Waals surface area contributed by atoms with Crippen LogP contribution in [0.15, 0.2) is 11.6 Å². The van der Waals surface area contributed by atoms with Gasteiger partial charge in [-0.05, 0) is 72.0 Å². The summed E-state index contributed by atoms with van der Waals surface area (Å²) < 4.78 is 5.47. The van der Waals surface area contributed by atoms with E-state index in [1.807, 2.05) is 14.1 Å². The van der Waals surface area contributed by atoms with Gasteiger partial charge < -0.3 is 9.64 Å². The summed E-state index contributed by atoms with van der Waals surface area (Å²) in [6, 6.07) is 0. The van der Waals surface area contributed by atoms with Crippen LogP contribution in [0.2, 0.25) is 0 Å². The summed E-state index contributed by atoms with van der Waals surface area (Å²) in [6.07, 6.45) is 49.9. The monoisotopic (exact) mass is 662 g/mol. The largest absolute Gasteiger partial charge is 0.466 e. The molecule has 0 bridgehead atoms. The molecule has 0 saturated heterocycles. The summed E-state index contributed by atoms with van der Waals surface area (Å²) in [5.74, 6) is -0.0290. The molecule has 0 rings (SSSR count). The van der Waals surface area contributed by atoms with Crippen molar-refractivity contribution in [3.8, 4) is 0 Å². The molecule has 0 atom stereocenters. The van der Waals surface area contributed by atoms with Crippen LogP contribution in [0.25, 0.3) is 0 Å². The Morgan fingerprint density at radius 1 is 0.447 bits per heavy atom. The van der Waals surface area contributed by atoms with E-state index in [2.05, 4.69) is 24.8 Å². The number of rotatable bonds is 39. The molecule has 0 amide bonds. The molecule has 0 N–H and O–H groups in total. The summed E-state index contributed by atoms with van der Waals surface area (Å²) in [5.41, 5.74) is 1.71. The number of allylic oxidation sites excluding steroid dienone is 2. The van der Waals surface area contributed by atoms with Crippen LogP contribution in [-0.2, 0) is 9.53 Å². The first kappa shape index (κ1) is 46.2. The fourth-order valence-electron chi connectivity index (χ4n) is 6.77. The van der Waals surface area contributed by atoms with E-state index < -0.39 is 0 Å². The first-order valence-corrected chi connectivity index (χ1v) is 21.6. The van der Waals surface area contributed by atoms with Gasteiger partial charge in [-0.1, -0.05) is 192 Å². The minimum absolute atomic E-state index is 0.0290. The van der Waals surface area contributed by atoms with Crippen LogP contribution in [0.1, 0.15) is 239 Å². The molecule has 0 aliphatic carbocycles. The van der Waals surface area contributed by atoms with E-state index in [1.54, 1.807) is 5.57 Å². The van der Waals surface area contributed by atoms with E-state index in [9.17, 15) is 4.79 Å². The molecule has 0 aromatic carbocycles. The van der Waals surface area contributed by atoms with Crippen molar-refractivity contribution in [1.82, 2.24) is 4.90 Å². The first-order chi connectivity index (χ1) is 23.1. The zero-order valence-electron chi connectivity index (χ0n) is 33.0. The predicted octanol–water partition coefficient (Wildman–Crippen LogP) is 14.7. The lowest BCUT2D eigenvalue weighted by molar-refractivity contribution is -0.143. The van der Waals surface area contributed by atoms with E-state index in [0.717, 1.165) is 32.2 Å². The van der Waals surface area contributed by atoms with Crippen molar-refractivity contribution in [2.75, 3.05) is 27.2 Å². The molecule has 0 aromatic rings. The fourth-order valence-corrected chi connectivity index (χ4v) is 6.77. The Balaban J connectivity index is 4.07. The lowest BCUT2D eigenvalue weighted by Crippen LogP contribution is -2.15. The highest BCUT2D eigenvalue weighted by molar-refractivity contribution is 5.69. The van der Waals surface area contributed by atoms with Gasteiger partial charge in [0.15, 0.2) is 0 Å². The number of hydrogen-bond acceptors (Lipinski definition) is 3. The van der Waals surface area contributed by atoms with Gasteiger partial charge in [0, 0.05) is 6.42 Å². The molecule has 0 heterocycles. The van der Waals surface area contributed by atoms with Crippen LogP contribution >= 0.6 is 0 Å². The van der Waals surface area contributed by atoms with E-state index in [1.165, 1.54) is 193 Å². The molecule has 280 valence electrons. The number of carbonyl (C=O) groups excluding carboxylic acids is 1. The second kappa shape index (κ2) is 39.6. The zero-order chi connectivity index (χ0) is 34.3. The highest BCUT2D eigenvalue weighted by Gasteiger charge is 2.04. The van der Waals surface area contributed by atoms with Gasteiger partial charge in [-0.3, -0.25) is 4.79 Å². The molecular formula is C44H87NO2. The topological polar surface area (TPSA) is 29.5 Å². The van der Waals surface area contributed by atoms with Crippen molar-refractivity contribution in [2.24, 2.45) is 0 Å². The molecule has 0 spiro atoms. The summed E-state index contributed by atoms with van der Waals surface area (Å²) in [7, 11) is 4.09. The van der Waals surface area contributed by atoms with Crippen LogP contribution in [-0.4, -0.2) is 38.1 Å². The molecular weight excluding hydrogens is 574 g/mol. The Bertz CT molecular complexity index is 609. The van der Waals surface area contributed by atoms with Gasteiger partial charge in [0.25, 0.3) is 0 Å². The predicted molar refractivity (Wildman–Crippen MR) is 211 cm³/mol. The Morgan fingerprint density at radius 3 is 1.17 bits per heavy atom. The molecule has 3 heteroatoms. The van der Waals surface area contributed by atoms with Crippen molar-refractivity contribution in [1.29, 1.82) is 0 Å². The van der Waals surface area contributed by atoms with Gasteiger partial charge in [0.05, 0.1) is 6.61 Å². The summed E-state index contributed by atoms with van der Waals surface area (Å²) >= 11 is 0. The van der Waals surface area contributed by atoms with Crippen molar-refractivity contribution in [3.05, 3.63) is 11.6 Å². The normalized spacial score (nSPS) is 11.4. The molecule has 3 nitrogen and oxygen atoms in total. The smallest absolute Gasteiger partial charge is 0.305 e. The van der Waals surface area contributed by atoms with Crippen LogP contribution in [0.4, 0.5) is 0 Å². The highest BCUT2D eigenvalue weighted by Crippen LogP contribution is 2.21. The number of ether oxygens (including phenoxy) is 1. The number of esters is 1. The van der Waals surface area contributed by atoms with E-state index in [0.29, 0.717) is 13.0 Å². The lowest BCUT2D eigenvalue weighted by atomic mass is 9.97. The number of carbonyl (C=O) groups is 1. The van der Waals surface area contributed by atoms with Gasteiger partial charge in [0.2, 0.25) is 0 Å². The van der Waals surface area contributed by atoms with E-state index >= 15 is 0 Å². The molecule has 0 fully saturated rings. The standard InChI is InChI=1S/C44H87NO2/c1-5-7-9-11-13-15-17-19-21-23-25-27-29-32-37-43(39-34-31-35-42-47-44(46)40-36-41-45(3)4)38-33-30-28-26-24-22-20-18-16-14-12-10-8-6-2/h39H,5-38,40-42H2,1-4H3. The maximum atomic E-state index is 11.9. The fraction of sp³-hybridized carbons (Fsp3) is 0.932. The summed E-state index contributed by atoms with van der Waals surface area (Å²) in [4.78, 5) is 14.1. The average molecular weight is 662 g/mol. The Morgan fingerprint density at radius 2 is 0.809 bits per heavy atom. The molecule has 0 aliphatic heterocycles. The first-order valence-electron chi connectivity index (χ1n) is 21.6. The molecule has 0 unspecified atom stereocenters. The van der Waals surface area contributed by atoms with Crippen LogP contribution < -0.4 is 0 Å². The molecule has 0 saturated carbocycles. The van der Waals surface area contributed by atoms with Crippen LogP contribution in [0, 0.1) is 0 Å². The summed E-state index contributed by atoms with van der Waals surface area (Å²) in [5, 5.41) is 0. The van der Waals surface area contributed by atoms with Gasteiger partial charge in [-0.25, -0.2) is 0 Å². The number of nitrogens with zero attached hydrogens (tertiary/aromatic N) is 1. The summed E-state index contributed by atoms with van der Waals surface area (Å²) in [6.45, 7) is 6.14. The molecule has 0 radical (unpaired) electrons. The van der Waals surface area contributed by atoms with E-state index in [4.69, 9.17) is 4.74 Å². The Labute approximate surface area is 297 Å². The molecule has 0 aliphatic rings. The third-order valence-corrected chi connectivity index (χ3v) is 9.98. The quantitative estimate of drug-likeness (QED) is 0.0373. The minimum Gasteiger partial charge on any atom is -0.466 e. The van der Waals surface area contributed by atoms with Crippen LogP contribution in [0.3, 0.4) is 0 Å². The zero-order valence-corrected chi connectivity index (χ0v) is 33.0. The van der Waals surface area contributed by atoms with Gasteiger partial charge >= 0.3 is 5.97 Å². The Kier molecular flexibility index (Phi) is 38.9.